The summed E-state index contributed by atoms with van der Waals surface area (Å²) in [6.07, 6.45) is 2.89. The van der Waals surface area contributed by atoms with E-state index in [2.05, 4.69) is 10.2 Å². The first-order valence-electron chi connectivity index (χ1n) is 14.4. The van der Waals surface area contributed by atoms with E-state index in [0.717, 1.165) is 56.0 Å². The van der Waals surface area contributed by atoms with Crippen molar-refractivity contribution < 1.29 is 23.9 Å². The maximum Gasteiger partial charge on any atom is 0.251 e. The third kappa shape index (κ3) is 7.95. The van der Waals surface area contributed by atoms with Crippen LogP contribution in [0.25, 0.3) is 0 Å². The van der Waals surface area contributed by atoms with Crippen molar-refractivity contribution in [2.24, 2.45) is 5.92 Å². The van der Waals surface area contributed by atoms with Gasteiger partial charge in [-0.2, -0.15) is 0 Å². The molecule has 2 aliphatic rings. The van der Waals surface area contributed by atoms with Crippen LogP contribution < -0.4 is 14.8 Å². The van der Waals surface area contributed by atoms with Crippen LogP contribution in [0, 0.1) is 5.92 Å². The zero-order valence-corrected chi connectivity index (χ0v) is 23.5. The lowest BCUT2D eigenvalue weighted by Crippen LogP contribution is -2.54. The Hall–Kier alpha value is -4.17. The van der Waals surface area contributed by atoms with Crippen LogP contribution in [0.15, 0.2) is 78.9 Å². The van der Waals surface area contributed by atoms with Gasteiger partial charge in [-0.25, -0.2) is 0 Å². The fourth-order valence-electron chi connectivity index (χ4n) is 4.88. The Morgan fingerprint density at radius 3 is 2.07 bits per heavy atom. The van der Waals surface area contributed by atoms with Crippen LogP contribution in [-0.2, 0) is 4.79 Å². The molecule has 214 valence electrons. The summed E-state index contributed by atoms with van der Waals surface area (Å²) >= 11 is 0. The average Bonchev–Trinajstić information content (AvgIpc) is 3.86. The van der Waals surface area contributed by atoms with E-state index in [4.69, 9.17) is 9.47 Å². The lowest BCUT2D eigenvalue weighted by Gasteiger charge is -2.36. The zero-order chi connectivity index (χ0) is 28.6. The van der Waals surface area contributed by atoms with Gasteiger partial charge in [0.1, 0.15) is 23.3 Å². The summed E-state index contributed by atoms with van der Waals surface area (Å²) in [5.74, 6) is 2.24. The van der Waals surface area contributed by atoms with E-state index < -0.39 is 6.04 Å². The molecule has 0 bridgehead atoms. The van der Waals surface area contributed by atoms with Gasteiger partial charge >= 0.3 is 0 Å². The highest BCUT2D eigenvalue weighted by molar-refractivity contribution is 5.99. The van der Waals surface area contributed by atoms with Gasteiger partial charge in [-0.3, -0.25) is 19.3 Å². The second-order valence-electron chi connectivity index (χ2n) is 10.7. The number of nitrogens with one attached hydrogen (secondary N) is 1. The normalized spacial score (nSPS) is 16.1. The molecule has 1 saturated carbocycles. The van der Waals surface area contributed by atoms with Gasteiger partial charge < -0.3 is 19.7 Å². The number of amides is 2. The second kappa shape index (κ2) is 13.5. The van der Waals surface area contributed by atoms with Crippen molar-refractivity contribution in [3.63, 3.8) is 0 Å². The van der Waals surface area contributed by atoms with Crippen LogP contribution in [0.1, 0.15) is 46.9 Å². The molecule has 0 radical (unpaired) electrons. The Morgan fingerprint density at radius 1 is 0.805 bits per heavy atom. The van der Waals surface area contributed by atoms with Crippen LogP contribution in [0.3, 0.4) is 0 Å². The molecule has 1 heterocycles. The van der Waals surface area contributed by atoms with E-state index in [1.54, 1.807) is 31.2 Å². The molecule has 2 fully saturated rings. The van der Waals surface area contributed by atoms with Crippen molar-refractivity contribution in [3.05, 3.63) is 90.0 Å². The van der Waals surface area contributed by atoms with E-state index in [-0.39, 0.29) is 23.5 Å². The van der Waals surface area contributed by atoms with Gasteiger partial charge in [0.2, 0.25) is 5.91 Å². The molecular formula is C33H37N3O5. The predicted molar refractivity (Wildman–Crippen MR) is 157 cm³/mol. The van der Waals surface area contributed by atoms with E-state index in [9.17, 15) is 14.4 Å². The Morgan fingerprint density at radius 2 is 1.41 bits per heavy atom. The molecule has 8 heteroatoms. The number of ketones is 1. The molecule has 1 atom stereocenters. The molecule has 0 aromatic heterocycles. The average molecular weight is 556 g/mol. The van der Waals surface area contributed by atoms with Gasteiger partial charge in [-0.1, -0.05) is 18.2 Å². The largest absolute Gasteiger partial charge is 0.494 e. The van der Waals surface area contributed by atoms with E-state index >= 15 is 0 Å². The summed E-state index contributed by atoms with van der Waals surface area (Å²) in [7, 11) is 0. The summed E-state index contributed by atoms with van der Waals surface area (Å²) in [5.41, 5.74) is 1.24. The maximum atomic E-state index is 13.0. The van der Waals surface area contributed by atoms with Gasteiger partial charge in [-0.15, -0.1) is 0 Å². The topological polar surface area (TPSA) is 88.2 Å². The highest BCUT2D eigenvalue weighted by Crippen LogP contribution is 2.33. The Labute approximate surface area is 241 Å². The van der Waals surface area contributed by atoms with E-state index in [1.807, 2.05) is 59.5 Å². The second-order valence-corrected chi connectivity index (χ2v) is 10.7. The monoisotopic (exact) mass is 555 g/mol. The molecule has 8 nitrogen and oxygen atoms in total. The molecule has 0 unspecified atom stereocenters. The molecule has 1 aliphatic heterocycles. The van der Waals surface area contributed by atoms with E-state index in [1.165, 1.54) is 0 Å². The Kier molecular flexibility index (Phi) is 9.31. The first-order chi connectivity index (χ1) is 20.0. The first-order valence-corrected chi connectivity index (χ1v) is 14.4. The molecule has 1 aliphatic carbocycles. The summed E-state index contributed by atoms with van der Waals surface area (Å²) in [6.45, 7) is 6.03. The number of ether oxygens (including phenoxy) is 2. The van der Waals surface area contributed by atoms with Crippen LogP contribution in [0.5, 0.6) is 17.2 Å². The highest BCUT2D eigenvalue weighted by atomic mass is 16.5. The summed E-state index contributed by atoms with van der Waals surface area (Å²) in [4.78, 5) is 42.0. The van der Waals surface area contributed by atoms with Crippen molar-refractivity contribution >= 4 is 17.6 Å². The fraction of sp³-hybridized carbons (Fsp3) is 0.364. The summed E-state index contributed by atoms with van der Waals surface area (Å²) < 4.78 is 11.6. The lowest BCUT2D eigenvalue weighted by molar-refractivity contribution is -0.134. The van der Waals surface area contributed by atoms with Crippen LogP contribution in [0.2, 0.25) is 0 Å². The number of hydrogen-bond donors (Lipinski definition) is 1. The number of benzene rings is 3. The maximum absolute atomic E-state index is 13.0. The summed E-state index contributed by atoms with van der Waals surface area (Å²) in [6, 6.07) is 23.1. The molecule has 1 saturated heterocycles. The first kappa shape index (κ1) is 28.4. The molecular weight excluding hydrogens is 518 g/mol. The number of carbonyl (C=O) groups excluding carboxylic acids is 3. The minimum absolute atomic E-state index is 0.0750. The van der Waals surface area contributed by atoms with Gasteiger partial charge in [0.15, 0.2) is 5.78 Å². The molecule has 5 rings (SSSR count). The minimum Gasteiger partial charge on any atom is -0.494 e. The number of piperazine rings is 1. The fourth-order valence-corrected chi connectivity index (χ4v) is 4.88. The molecule has 0 spiro atoms. The van der Waals surface area contributed by atoms with Crippen molar-refractivity contribution in [3.8, 4) is 17.2 Å². The predicted octanol–water partition coefficient (Wildman–Crippen LogP) is 4.80. The van der Waals surface area contributed by atoms with Crippen molar-refractivity contribution in [2.75, 3.05) is 39.3 Å². The molecule has 2 amide bonds. The molecule has 3 aromatic rings. The molecule has 1 N–H and O–H groups in total. The van der Waals surface area contributed by atoms with E-state index in [0.29, 0.717) is 31.0 Å². The molecule has 3 aromatic carbocycles. The smallest absolute Gasteiger partial charge is 0.251 e. The number of para-hydroxylation sites is 1. The van der Waals surface area contributed by atoms with Gasteiger partial charge in [-0.05, 0) is 86.8 Å². The number of carbonyl (C=O) groups is 3. The van der Waals surface area contributed by atoms with Crippen molar-refractivity contribution in [2.45, 2.75) is 32.2 Å². The van der Waals surface area contributed by atoms with Gasteiger partial charge in [0.05, 0.1) is 6.61 Å². The van der Waals surface area contributed by atoms with Crippen LogP contribution in [-0.4, -0.2) is 72.8 Å². The Bertz CT molecular complexity index is 1320. The SMILES string of the molecule is C[C@@H](NC(=O)c1ccc(Oc2ccccc2)cc1)C(=O)N1CCN(CCCOc2ccc(C(=O)C3CC3)cc2)CC1. The quantitative estimate of drug-likeness (QED) is 0.255. The van der Waals surface area contributed by atoms with Crippen LogP contribution in [0.4, 0.5) is 0 Å². The minimum atomic E-state index is -0.617. The molecule has 41 heavy (non-hydrogen) atoms. The van der Waals surface area contributed by atoms with Gasteiger partial charge in [0.25, 0.3) is 5.91 Å². The third-order valence-corrected chi connectivity index (χ3v) is 7.47. The van der Waals surface area contributed by atoms with Crippen LogP contribution >= 0.6 is 0 Å². The standard InChI is InChI=1S/C33H37N3O5/c1-24(34-32(38)27-12-16-30(17-13-27)41-29-6-3-2-4-7-29)33(39)36-21-19-35(20-22-36)18-5-23-40-28-14-10-26(11-15-28)31(37)25-8-9-25/h2-4,6-7,10-17,24-25H,5,8-9,18-23H2,1H3,(H,34,38)/t24-/m1/s1. The number of Topliss-reactive ketones (excluding diaryl/α,β-unsaturated/α-hetero) is 1. The highest BCUT2D eigenvalue weighted by Gasteiger charge is 2.30. The number of rotatable bonds is 12. The lowest BCUT2D eigenvalue weighted by atomic mass is 10.1. The summed E-state index contributed by atoms with van der Waals surface area (Å²) in [5, 5.41) is 2.83. The van der Waals surface area contributed by atoms with Crippen molar-refractivity contribution in [1.82, 2.24) is 15.1 Å². The zero-order valence-electron chi connectivity index (χ0n) is 23.5. The Balaban J connectivity index is 0.984. The number of nitrogens with zero attached hydrogens (tertiary/aromatic N) is 2. The number of hydrogen-bond acceptors (Lipinski definition) is 6. The van der Waals surface area contributed by atoms with Crippen molar-refractivity contribution in [1.29, 1.82) is 0 Å². The van der Waals surface area contributed by atoms with Gasteiger partial charge in [0, 0.05) is 49.8 Å². The third-order valence-electron chi connectivity index (χ3n) is 7.47.